The molecule has 1 amide bonds. The molecule has 0 atom stereocenters. The van der Waals surface area contributed by atoms with Crippen molar-refractivity contribution in [2.24, 2.45) is 0 Å². The number of carbonyl (C=O) groups is 1. The second kappa shape index (κ2) is 6.47. The van der Waals surface area contributed by atoms with Crippen LogP contribution in [0.15, 0.2) is 18.2 Å². The van der Waals surface area contributed by atoms with Gasteiger partial charge in [-0.25, -0.2) is 0 Å². The lowest BCUT2D eigenvalue weighted by Gasteiger charge is -2.32. The monoisotopic (exact) mass is 279 g/mol. The highest BCUT2D eigenvalue weighted by Gasteiger charge is 2.19. The normalized spacial score (nSPS) is 16.0. The largest absolute Gasteiger partial charge is 0.497 e. The highest BCUT2D eigenvalue weighted by Crippen LogP contribution is 2.26. The first kappa shape index (κ1) is 14.5. The standard InChI is InChI=1S/C14H21N3O3/c1-16-5-7-17(8-6-16)14(18)10-20-13-9-11(19-2)3-4-12(13)15/h3-4,9H,5-8,10,15H2,1-2H3. The molecule has 0 spiro atoms. The van der Waals surface area contributed by atoms with Crippen LogP contribution in [-0.4, -0.2) is 62.7 Å². The molecule has 0 unspecified atom stereocenters. The quantitative estimate of drug-likeness (QED) is 0.810. The van der Waals surface area contributed by atoms with Gasteiger partial charge < -0.3 is 25.0 Å². The minimum atomic E-state index is -0.0136. The van der Waals surface area contributed by atoms with E-state index in [4.69, 9.17) is 15.2 Å². The van der Waals surface area contributed by atoms with E-state index in [0.717, 1.165) is 26.2 Å². The topological polar surface area (TPSA) is 68.0 Å². The van der Waals surface area contributed by atoms with Crippen LogP contribution in [0.1, 0.15) is 0 Å². The van der Waals surface area contributed by atoms with Gasteiger partial charge in [0.2, 0.25) is 0 Å². The van der Waals surface area contributed by atoms with Crippen molar-refractivity contribution in [2.45, 2.75) is 0 Å². The van der Waals surface area contributed by atoms with Gasteiger partial charge in [0.15, 0.2) is 6.61 Å². The summed E-state index contributed by atoms with van der Waals surface area (Å²) in [5, 5.41) is 0. The van der Waals surface area contributed by atoms with E-state index in [1.165, 1.54) is 0 Å². The van der Waals surface area contributed by atoms with Crippen LogP contribution in [0.2, 0.25) is 0 Å². The Morgan fingerprint density at radius 3 is 2.65 bits per heavy atom. The number of likely N-dealkylation sites (N-methyl/N-ethyl adjacent to an activating group) is 1. The van der Waals surface area contributed by atoms with Gasteiger partial charge in [-0.15, -0.1) is 0 Å². The number of ether oxygens (including phenoxy) is 2. The molecule has 2 rings (SSSR count). The summed E-state index contributed by atoms with van der Waals surface area (Å²) in [6, 6.07) is 5.14. The van der Waals surface area contributed by atoms with Crippen molar-refractivity contribution in [1.29, 1.82) is 0 Å². The van der Waals surface area contributed by atoms with Crippen LogP contribution in [0.3, 0.4) is 0 Å². The van der Waals surface area contributed by atoms with E-state index in [0.29, 0.717) is 17.2 Å². The van der Waals surface area contributed by atoms with E-state index < -0.39 is 0 Å². The zero-order valence-corrected chi connectivity index (χ0v) is 12.0. The number of amides is 1. The van der Waals surface area contributed by atoms with Crippen LogP contribution in [-0.2, 0) is 4.79 Å². The number of benzene rings is 1. The maximum atomic E-state index is 12.1. The fourth-order valence-electron chi connectivity index (χ4n) is 2.05. The van der Waals surface area contributed by atoms with Gasteiger partial charge in [-0.1, -0.05) is 0 Å². The molecule has 0 aromatic heterocycles. The van der Waals surface area contributed by atoms with Crippen LogP contribution < -0.4 is 15.2 Å². The summed E-state index contributed by atoms with van der Waals surface area (Å²) in [5.41, 5.74) is 6.31. The average molecular weight is 279 g/mol. The number of hydrogen-bond acceptors (Lipinski definition) is 5. The molecule has 110 valence electrons. The molecule has 1 saturated heterocycles. The van der Waals surface area contributed by atoms with Crippen LogP contribution in [0.5, 0.6) is 11.5 Å². The third kappa shape index (κ3) is 3.54. The van der Waals surface area contributed by atoms with Crippen molar-refractivity contribution in [3.05, 3.63) is 18.2 Å². The van der Waals surface area contributed by atoms with E-state index in [1.807, 2.05) is 4.90 Å². The van der Waals surface area contributed by atoms with Crippen LogP contribution in [0.25, 0.3) is 0 Å². The van der Waals surface area contributed by atoms with Crippen molar-refractivity contribution in [3.63, 3.8) is 0 Å². The lowest BCUT2D eigenvalue weighted by molar-refractivity contribution is -0.134. The molecular formula is C14H21N3O3. The van der Waals surface area contributed by atoms with Gasteiger partial charge in [0.25, 0.3) is 5.91 Å². The first-order valence-electron chi connectivity index (χ1n) is 6.63. The summed E-state index contributed by atoms with van der Waals surface area (Å²) in [7, 11) is 3.62. The summed E-state index contributed by atoms with van der Waals surface area (Å²) >= 11 is 0. The Bertz CT molecular complexity index is 471. The van der Waals surface area contributed by atoms with Crippen LogP contribution >= 0.6 is 0 Å². The van der Waals surface area contributed by atoms with Gasteiger partial charge in [-0.3, -0.25) is 4.79 Å². The fraction of sp³-hybridized carbons (Fsp3) is 0.500. The lowest BCUT2D eigenvalue weighted by Crippen LogP contribution is -2.48. The summed E-state index contributed by atoms with van der Waals surface area (Å²) in [4.78, 5) is 16.1. The Morgan fingerprint density at radius 1 is 1.30 bits per heavy atom. The fourth-order valence-corrected chi connectivity index (χ4v) is 2.05. The Kier molecular flexibility index (Phi) is 4.68. The van der Waals surface area contributed by atoms with Crippen molar-refractivity contribution in [3.8, 4) is 11.5 Å². The van der Waals surface area contributed by atoms with E-state index >= 15 is 0 Å². The Labute approximate surface area is 119 Å². The number of carbonyl (C=O) groups excluding carboxylic acids is 1. The maximum Gasteiger partial charge on any atom is 0.260 e. The third-order valence-electron chi connectivity index (χ3n) is 3.43. The number of nitrogens with zero attached hydrogens (tertiary/aromatic N) is 2. The molecule has 1 heterocycles. The summed E-state index contributed by atoms with van der Waals surface area (Å²) < 4.78 is 10.6. The van der Waals surface area contributed by atoms with Gasteiger partial charge in [0.1, 0.15) is 11.5 Å². The Hall–Kier alpha value is -1.95. The van der Waals surface area contributed by atoms with Crippen LogP contribution in [0.4, 0.5) is 5.69 Å². The van der Waals surface area contributed by atoms with Gasteiger partial charge in [0.05, 0.1) is 12.8 Å². The van der Waals surface area contributed by atoms with Crippen LogP contribution in [0, 0.1) is 0 Å². The lowest BCUT2D eigenvalue weighted by atomic mass is 10.3. The van der Waals surface area contributed by atoms with E-state index in [-0.39, 0.29) is 12.5 Å². The molecule has 20 heavy (non-hydrogen) atoms. The van der Waals surface area contributed by atoms with Crippen molar-refractivity contribution in [1.82, 2.24) is 9.80 Å². The smallest absolute Gasteiger partial charge is 0.260 e. The molecule has 1 fully saturated rings. The van der Waals surface area contributed by atoms with Crippen molar-refractivity contribution >= 4 is 11.6 Å². The second-order valence-corrected chi connectivity index (χ2v) is 4.88. The predicted octanol–water partition coefficient (Wildman–Crippen LogP) is 0.430. The first-order chi connectivity index (χ1) is 9.60. The second-order valence-electron chi connectivity index (χ2n) is 4.88. The van der Waals surface area contributed by atoms with E-state index in [9.17, 15) is 4.79 Å². The molecule has 6 heteroatoms. The molecule has 0 radical (unpaired) electrons. The van der Waals surface area contributed by atoms with Gasteiger partial charge in [-0.05, 0) is 19.2 Å². The number of rotatable bonds is 4. The van der Waals surface area contributed by atoms with E-state index in [2.05, 4.69) is 11.9 Å². The minimum Gasteiger partial charge on any atom is -0.497 e. The zero-order valence-electron chi connectivity index (χ0n) is 12.0. The van der Waals surface area contributed by atoms with Gasteiger partial charge in [-0.2, -0.15) is 0 Å². The summed E-state index contributed by atoms with van der Waals surface area (Å²) in [5.74, 6) is 1.12. The highest BCUT2D eigenvalue weighted by molar-refractivity contribution is 5.78. The Balaban J connectivity index is 1.90. The van der Waals surface area contributed by atoms with Crippen molar-refractivity contribution in [2.75, 3.05) is 52.7 Å². The summed E-state index contributed by atoms with van der Waals surface area (Å²) in [6.45, 7) is 3.28. The molecule has 6 nitrogen and oxygen atoms in total. The van der Waals surface area contributed by atoms with Gasteiger partial charge in [0, 0.05) is 32.2 Å². The highest BCUT2D eigenvalue weighted by atomic mass is 16.5. The SMILES string of the molecule is COc1ccc(N)c(OCC(=O)N2CCN(C)CC2)c1. The number of hydrogen-bond donors (Lipinski definition) is 1. The number of nitrogen functional groups attached to an aromatic ring is 1. The predicted molar refractivity (Wildman–Crippen MR) is 77.0 cm³/mol. The molecule has 1 aromatic rings. The molecular weight excluding hydrogens is 258 g/mol. The van der Waals surface area contributed by atoms with Gasteiger partial charge >= 0.3 is 0 Å². The molecule has 0 saturated carbocycles. The average Bonchev–Trinajstić information content (AvgIpc) is 2.47. The maximum absolute atomic E-state index is 12.1. The number of nitrogens with two attached hydrogens (primary N) is 1. The summed E-state index contributed by atoms with van der Waals surface area (Å²) in [6.07, 6.45) is 0. The number of anilines is 1. The zero-order chi connectivity index (χ0) is 14.5. The Morgan fingerprint density at radius 2 is 2.00 bits per heavy atom. The number of piperazine rings is 1. The third-order valence-corrected chi connectivity index (χ3v) is 3.43. The molecule has 1 aliphatic heterocycles. The molecule has 2 N–H and O–H groups in total. The minimum absolute atomic E-state index is 0.00107. The first-order valence-corrected chi connectivity index (χ1v) is 6.63. The van der Waals surface area contributed by atoms with Crippen molar-refractivity contribution < 1.29 is 14.3 Å². The molecule has 1 aromatic carbocycles. The number of methoxy groups -OCH3 is 1. The van der Waals surface area contributed by atoms with E-state index in [1.54, 1.807) is 25.3 Å². The molecule has 0 bridgehead atoms. The molecule has 0 aliphatic carbocycles. The molecule has 1 aliphatic rings.